The molecule has 2 saturated carbocycles. The fraction of sp³-hybridized carbons (Fsp3) is 0.526. The zero-order valence-electron chi connectivity index (χ0n) is 13.9. The molecule has 2 N–H and O–H groups in total. The molecule has 0 saturated heterocycles. The van der Waals surface area contributed by atoms with Crippen molar-refractivity contribution in [3.8, 4) is 0 Å². The summed E-state index contributed by atoms with van der Waals surface area (Å²) in [6.07, 6.45) is 4.74. The maximum Gasteiger partial charge on any atom is 0.177 e. The molecule has 0 spiro atoms. The van der Waals surface area contributed by atoms with E-state index in [1.807, 2.05) is 6.07 Å². The lowest BCUT2D eigenvalue weighted by molar-refractivity contribution is 0.530. The zero-order chi connectivity index (χ0) is 17.2. The minimum Gasteiger partial charge on any atom is -0.334 e. The van der Waals surface area contributed by atoms with Crippen LogP contribution in [-0.2, 0) is 18.4 Å². The SMILES string of the molecule is Fc1ccc(Br)cc1[C@]12C[C@H]1c1c(CCNCC3CC3)[nH]c(=S)n1C2. The number of rotatable bonds is 6. The fourth-order valence-corrected chi connectivity index (χ4v) is 5.15. The van der Waals surface area contributed by atoms with Gasteiger partial charge in [0.25, 0.3) is 0 Å². The van der Waals surface area contributed by atoms with Gasteiger partial charge in [-0.3, -0.25) is 0 Å². The van der Waals surface area contributed by atoms with E-state index in [4.69, 9.17) is 12.2 Å². The highest BCUT2D eigenvalue weighted by atomic mass is 79.9. The molecule has 1 aromatic heterocycles. The van der Waals surface area contributed by atoms with E-state index in [0.717, 1.165) is 53.2 Å². The number of nitrogens with one attached hydrogen (secondary N) is 2. The number of hydrogen-bond donors (Lipinski definition) is 2. The Morgan fingerprint density at radius 2 is 2.24 bits per heavy atom. The number of H-pyrrole nitrogens is 1. The van der Waals surface area contributed by atoms with Crippen LogP contribution >= 0.6 is 28.1 Å². The lowest BCUT2D eigenvalue weighted by atomic mass is 9.93. The molecule has 0 bridgehead atoms. The third-order valence-corrected chi connectivity index (χ3v) is 6.91. The van der Waals surface area contributed by atoms with Crippen LogP contribution < -0.4 is 5.32 Å². The first-order valence-corrected chi connectivity index (χ1v) is 10.3. The molecule has 0 amide bonds. The Balaban J connectivity index is 1.39. The van der Waals surface area contributed by atoms with E-state index in [2.05, 4.69) is 30.8 Å². The molecule has 3 nitrogen and oxygen atoms in total. The maximum absolute atomic E-state index is 14.5. The summed E-state index contributed by atoms with van der Waals surface area (Å²) < 4.78 is 18.4. The third kappa shape index (κ3) is 2.64. The van der Waals surface area contributed by atoms with Crippen LogP contribution in [-0.4, -0.2) is 22.6 Å². The molecule has 2 fully saturated rings. The number of aromatic amines is 1. The van der Waals surface area contributed by atoms with Gasteiger partial charge in [0.2, 0.25) is 0 Å². The van der Waals surface area contributed by atoms with Crippen LogP contribution in [0, 0.1) is 16.5 Å². The molecular formula is C19H21BrFN3S. The summed E-state index contributed by atoms with van der Waals surface area (Å²) in [5.74, 6) is 1.19. The third-order valence-electron chi connectivity index (χ3n) is 6.10. The number of aromatic nitrogens is 2. The first-order chi connectivity index (χ1) is 12.1. The van der Waals surface area contributed by atoms with Gasteiger partial charge >= 0.3 is 0 Å². The van der Waals surface area contributed by atoms with Crippen LogP contribution in [0.4, 0.5) is 4.39 Å². The molecule has 6 heteroatoms. The molecule has 132 valence electrons. The van der Waals surface area contributed by atoms with Crippen molar-refractivity contribution in [2.45, 2.75) is 43.6 Å². The normalized spacial score (nSPS) is 26.6. The predicted octanol–water partition coefficient (Wildman–Crippen LogP) is 4.43. The Kier molecular flexibility index (Phi) is 3.74. The van der Waals surface area contributed by atoms with Crippen molar-refractivity contribution in [1.29, 1.82) is 0 Å². The lowest BCUT2D eigenvalue weighted by Crippen LogP contribution is -2.20. The topological polar surface area (TPSA) is 32.8 Å². The van der Waals surface area contributed by atoms with Crippen molar-refractivity contribution < 1.29 is 4.39 Å². The Morgan fingerprint density at radius 3 is 3.04 bits per heavy atom. The summed E-state index contributed by atoms with van der Waals surface area (Å²) in [7, 11) is 0. The number of halogens is 2. The molecule has 25 heavy (non-hydrogen) atoms. The van der Waals surface area contributed by atoms with E-state index in [-0.39, 0.29) is 11.2 Å². The molecule has 2 heterocycles. The second-order valence-corrected chi connectivity index (χ2v) is 9.12. The van der Waals surface area contributed by atoms with Gasteiger partial charge < -0.3 is 14.9 Å². The van der Waals surface area contributed by atoms with Crippen LogP contribution in [0.15, 0.2) is 22.7 Å². The standard InChI is InChI=1S/C19H21BrFN3S/c20-12-3-4-15(21)13(7-12)19-8-14(19)17-16(23-18(25)24(17)10-19)5-6-22-9-11-1-2-11/h3-4,7,11,14,22H,1-2,5-6,8-10H2,(H,23,25)/t14-,19+/m0/s1. The first-order valence-electron chi connectivity index (χ1n) is 9.06. The highest BCUT2D eigenvalue weighted by Gasteiger charge is 2.63. The smallest absolute Gasteiger partial charge is 0.177 e. The van der Waals surface area contributed by atoms with Crippen LogP contribution in [0.2, 0.25) is 0 Å². The number of benzene rings is 1. The largest absolute Gasteiger partial charge is 0.334 e. The number of fused-ring (bicyclic) bond motifs is 3. The van der Waals surface area contributed by atoms with E-state index in [1.54, 1.807) is 12.1 Å². The molecule has 0 unspecified atom stereocenters. The van der Waals surface area contributed by atoms with Gasteiger partial charge in [-0.05, 0) is 67.7 Å². The minimum atomic E-state index is -0.0981. The average Bonchev–Trinajstić information content (AvgIpc) is 3.49. The first kappa shape index (κ1) is 16.2. The van der Waals surface area contributed by atoms with Gasteiger partial charge in [-0.15, -0.1) is 0 Å². The maximum atomic E-state index is 14.5. The van der Waals surface area contributed by atoms with E-state index >= 15 is 0 Å². The van der Waals surface area contributed by atoms with Crippen molar-refractivity contribution in [2.75, 3.05) is 13.1 Å². The van der Waals surface area contributed by atoms with Crippen molar-refractivity contribution in [1.82, 2.24) is 14.9 Å². The second-order valence-electron chi connectivity index (χ2n) is 7.81. The summed E-state index contributed by atoms with van der Waals surface area (Å²) in [5.41, 5.74) is 3.30. The Hall–Kier alpha value is -0.980. The Labute approximate surface area is 160 Å². The summed E-state index contributed by atoms with van der Waals surface area (Å²) in [6.45, 7) is 2.91. The average molecular weight is 422 g/mol. The molecule has 2 aromatic rings. The summed E-state index contributed by atoms with van der Waals surface area (Å²) in [5, 5.41) is 3.55. The molecule has 2 aliphatic carbocycles. The summed E-state index contributed by atoms with van der Waals surface area (Å²) in [4.78, 5) is 3.41. The van der Waals surface area contributed by atoms with Gasteiger partial charge in [0, 0.05) is 46.7 Å². The molecular weight excluding hydrogens is 401 g/mol. The van der Waals surface area contributed by atoms with Crippen molar-refractivity contribution >= 4 is 28.1 Å². The van der Waals surface area contributed by atoms with Crippen LogP contribution in [0.1, 0.15) is 42.1 Å². The monoisotopic (exact) mass is 421 g/mol. The summed E-state index contributed by atoms with van der Waals surface area (Å²) in [6, 6.07) is 5.29. The quantitative estimate of drug-likeness (QED) is 0.534. The minimum absolute atomic E-state index is 0.0952. The number of nitrogens with zero attached hydrogens (tertiary/aromatic N) is 1. The lowest BCUT2D eigenvalue weighted by Gasteiger charge is -2.14. The van der Waals surface area contributed by atoms with Gasteiger partial charge in [0.15, 0.2) is 4.77 Å². The Bertz CT molecular complexity index is 901. The molecule has 2 atom stereocenters. The van der Waals surface area contributed by atoms with Crippen molar-refractivity contribution in [3.63, 3.8) is 0 Å². The Morgan fingerprint density at radius 1 is 1.40 bits per heavy atom. The molecule has 0 radical (unpaired) electrons. The molecule has 3 aliphatic rings. The van der Waals surface area contributed by atoms with Crippen LogP contribution in [0.5, 0.6) is 0 Å². The highest BCUT2D eigenvalue weighted by molar-refractivity contribution is 9.10. The van der Waals surface area contributed by atoms with E-state index in [9.17, 15) is 4.39 Å². The summed E-state index contributed by atoms with van der Waals surface area (Å²) >= 11 is 9.04. The van der Waals surface area contributed by atoms with Gasteiger partial charge in [-0.1, -0.05) is 15.9 Å². The van der Waals surface area contributed by atoms with Crippen LogP contribution in [0.3, 0.4) is 0 Å². The fourth-order valence-electron chi connectivity index (χ4n) is 4.50. The number of imidazole rings is 1. The van der Waals surface area contributed by atoms with Gasteiger partial charge in [-0.25, -0.2) is 4.39 Å². The van der Waals surface area contributed by atoms with Gasteiger partial charge in [0.1, 0.15) is 5.82 Å². The predicted molar refractivity (Wildman–Crippen MR) is 102 cm³/mol. The van der Waals surface area contributed by atoms with E-state index in [0.29, 0.717) is 5.92 Å². The number of hydrogen-bond acceptors (Lipinski definition) is 2. The van der Waals surface area contributed by atoms with E-state index < -0.39 is 0 Å². The van der Waals surface area contributed by atoms with Gasteiger partial charge in [0.05, 0.1) is 0 Å². The van der Waals surface area contributed by atoms with Gasteiger partial charge in [-0.2, -0.15) is 0 Å². The second kappa shape index (κ2) is 5.76. The highest BCUT2D eigenvalue weighted by Crippen LogP contribution is 2.66. The van der Waals surface area contributed by atoms with Crippen molar-refractivity contribution in [3.05, 3.63) is 50.2 Å². The molecule has 5 rings (SSSR count). The zero-order valence-corrected chi connectivity index (χ0v) is 16.4. The van der Waals surface area contributed by atoms with E-state index in [1.165, 1.54) is 24.2 Å². The molecule has 1 aliphatic heterocycles. The molecule has 1 aromatic carbocycles. The van der Waals surface area contributed by atoms with Crippen molar-refractivity contribution in [2.24, 2.45) is 5.92 Å². The van der Waals surface area contributed by atoms with Crippen LogP contribution in [0.25, 0.3) is 0 Å².